The summed E-state index contributed by atoms with van der Waals surface area (Å²) in [4.78, 5) is 28.4. The van der Waals surface area contributed by atoms with Crippen LogP contribution in [0.5, 0.6) is 6.01 Å². The Morgan fingerprint density at radius 2 is 1.97 bits per heavy atom. The fraction of sp³-hybridized carbons (Fsp3) is 0.375. The van der Waals surface area contributed by atoms with Crippen molar-refractivity contribution in [3.05, 3.63) is 58.6 Å². The lowest BCUT2D eigenvalue weighted by Crippen LogP contribution is -2.34. The van der Waals surface area contributed by atoms with E-state index in [1.807, 2.05) is 18.5 Å². The van der Waals surface area contributed by atoms with E-state index in [0.29, 0.717) is 22.5 Å². The summed E-state index contributed by atoms with van der Waals surface area (Å²) in [5, 5.41) is 13.5. The van der Waals surface area contributed by atoms with E-state index in [0.717, 1.165) is 30.7 Å². The van der Waals surface area contributed by atoms with Gasteiger partial charge in [-0.1, -0.05) is 6.07 Å². The highest BCUT2D eigenvalue weighted by atomic mass is 32.1. The minimum atomic E-state index is -0.752. The number of rotatable bonds is 7. The number of halogens is 1. The predicted molar refractivity (Wildman–Crippen MR) is 128 cm³/mol. The standard InChI is InChI=1S/C24H25FN6O3S/c1-31-22(23-26-8-9-35-23)29-21(30-31)18-7-4-15(11-19(18)25)16-12-27-24(28-13-16)34-17-5-2-14(3-6-17)10-20(32)33/h4,7-9,11-14,17,22H,2-3,5-6,10H2,1H3,(H,29,30)(H,32,33). The van der Waals surface area contributed by atoms with Crippen LogP contribution in [-0.4, -0.2) is 50.0 Å². The summed E-state index contributed by atoms with van der Waals surface area (Å²) in [6.07, 6.45) is 8.06. The maximum absolute atomic E-state index is 15.0. The number of ether oxygens (including phenoxy) is 1. The molecule has 1 aliphatic carbocycles. The molecule has 3 aromatic rings. The van der Waals surface area contributed by atoms with Crippen molar-refractivity contribution in [2.24, 2.45) is 10.9 Å². The van der Waals surface area contributed by atoms with Crippen molar-refractivity contribution in [2.45, 2.75) is 44.4 Å². The van der Waals surface area contributed by atoms with E-state index in [-0.39, 0.29) is 30.6 Å². The summed E-state index contributed by atoms with van der Waals surface area (Å²) in [7, 11) is 1.84. The number of amidine groups is 1. The minimum Gasteiger partial charge on any atom is -0.481 e. The molecule has 2 aromatic heterocycles. The average molecular weight is 497 g/mol. The number of carboxylic acids is 1. The summed E-state index contributed by atoms with van der Waals surface area (Å²) >= 11 is 1.50. The molecule has 1 atom stereocenters. The van der Waals surface area contributed by atoms with Crippen molar-refractivity contribution in [2.75, 3.05) is 7.05 Å². The van der Waals surface area contributed by atoms with E-state index in [1.54, 1.807) is 29.7 Å². The normalized spacial score (nSPS) is 22.5. The lowest BCUT2D eigenvalue weighted by atomic mass is 9.85. The van der Waals surface area contributed by atoms with Crippen LogP contribution in [0.1, 0.15) is 48.8 Å². The van der Waals surface area contributed by atoms with Crippen molar-refractivity contribution in [3.63, 3.8) is 0 Å². The van der Waals surface area contributed by atoms with Gasteiger partial charge in [0, 0.05) is 43.0 Å². The van der Waals surface area contributed by atoms with Crippen molar-refractivity contribution in [3.8, 4) is 17.1 Å². The number of carbonyl (C=O) groups is 1. The smallest absolute Gasteiger partial charge is 0.316 e. The number of thiazole rings is 1. The van der Waals surface area contributed by atoms with Gasteiger partial charge in [0.05, 0.1) is 5.56 Å². The SMILES string of the molecule is CN1NC(c2ccc(-c3cnc(OC4CCC(CC(=O)O)CC4)nc3)cc2F)=NC1c1nccs1. The third-order valence-corrected chi connectivity index (χ3v) is 7.10. The molecule has 2 aliphatic rings. The summed E-state index contributed by atoms with van der Waals surface area (Å²) < 4.78 is 20.9. The number of hydrogen-bond donors (Lipinski definition) is 2. The number of benzene rings is 1. The Morgan fingerprint density at radius 1 is 1.20 bits per heavy atom. The Morgan fingerprint density at radius 3 is 2.63 bits per heavy atom. The van der Waals surface area contributed by atoms with Crippen LogP contribution in [0.4, 0.5) is 4.39 Å². The molecular weight excluding hydrogens is 471 g/mol. The first-order valence-electron chi connectivity index (χ1n) is 11.4. The molecule has 0 spiro atoms. The van der Waals surface area contributed by atoms with Gasteiger partial charge in [-0.05, 0) is 49.3 Å². The number of aliphatic imine (C=N–C) groups is 1. The molecule has 11 heteroatoms. The molecule has 0 amide bonds. The van der Waals surface area contributed by atoms with Crippen LogP contribution < -0.4 is 10.2 Å². The molecule has 0 radical (unpaired) electrons. The van der Waals surface area contributed by atoms with E-state index in [4.69, 9.17) is 9.84 Å². The highest BCUT2D eigenvalue weighted by molar-refractivity contribution is 7.09. The number of hydrogen-bond acceptors (Lipinski definition) is 9. The molecule has 9 nitrogen and oxygen atoms in total. The molecule has 2 N–H and O–H groups in total. The van der Waals surface area contributed by atoms with Crippen LogP contribution in [0.3, 0.4) is 0 Å². The maximum Gasteiger partial charge on any atom is 0.316 e. The highest BCUT2D eigenvalue weighted by Crippen LogP contribution is 2.30. The van der Waals surface area contributed by atoms with E-state index < -0.39 is 11.8 Å². The topological polar surface area (TPSA) is 113 Å². The Hall–Kier alpha value is -3.44. The van der Waals surface area contributed by atoms with Crippen molar-refractivity contribution < 1.29 is 19.0 Å². The van der Waals surface area contributed by atoms with Crippen LogP contribution in [0.15, 0.2) is 47.2 Å². The molecule has 35 heavy (non-hydrogen) atoms. The van der Waals surface area contributed by atoms with Gasteiger partial charge < -0.3 is 15.3 Å². The molecule has 5 rings (SSSR count). The van der Waals surface area contributed by atoms with E-state index in [9.17, 15) is 4.79 Å². The first kappa shape index (κ1) is 23.3. The second-order valence-electron chi connectivity index (χ2n) is 8.75. The summed E-state index contributed by atoms with van der Waals surface area (Å²) in [5.74, 6) is -0.495. The number of nitrogens with zero attached hydrogens (tertiary/aromatic N) is 5. The van der Waals surface area contributed by atoms with Gasteiger partial charge in [0.2, 0.25) is 0 Å². The number of carboxylic acid groups (broad SMARTS) is 1. The third kappa shape index (κ3) is 5.30. The van der Waals surface area contributed by atoms with Gasteiger partial charge in [-0.25, -0.2) is 24.3 Å². The fourth-order valence-corrected chi connectivity index (χ4v) is 5.16. The molecule has 0 saturated heterocycles. The first-order chi connectivity index (χ1) is 17.0. The van der Waals surface area contributed by atoms with Crippen molar-refractivity contribution in [1.29, 1.82) is 0 Å². The van der Waals surface area contributed by atoms with Crippen molar-refractivity contribution >= 4 is 23.1 Å². The fourth-order valence-electron chi connectivity index (χ4n) is 4.44. The van der Waals surface area contributed by atoms with Crippen LogP contribution in [0.25, 0.3) is 11.1 Å². The third-order valence-electron chi connectivity index (χ3n) is 6.29. The summed E-state index contributed by atoms with van der Waals surface area (Å²) in [5.41, 5.74) is 4.80. The molecule has 1 fully saturated rings. The molecule has 182 valence electrons. The van der Waals surface area contributed by atoms with Crippen LogP contribution in [0, 0.1) is 11.7 Å². The molecule has 3 heterocycles. The number of hydrazine groups is 1. The largest absolute Gasteiger partial charge is 0.481 e. The van der Waals surface area contributed by atoms with Crippen LogP contribution in [-0.2, 0) is 4.79 Å². The first-order valence-corrected chi connectivity index (χ1v) is 12.3. The lowest BCUT2D eigenvalue weighted by molar-refractivity contribution is -0.138. The Labute approximate surface area is 205 Å². The Balaban J connectivity index is 1.23. The van der Waals surface area contributed by atoms with Gasteiger partial charge in [-0.3, -0.25) is 4.79 Å². The van der Waals surface area contributed by atoms with Gasteiger partial charge in [0.25, 0.3) is 0 Å². The van der Waals surface area contributed by atoms with Gasteiger partial charge in [0.15, 0.2) is 6.17 Å². The van der Waals surface area contributed by atoms with Gasteiger partial charge in [-0.2, -0.15) is 5.01 Å². The van der Waals surface area contributed by atoms with Crippen LogP contribution >= 0.6 is 11.3 Å². The summed E-state index contributed by atoms with van der Waals surface area (Å²) in [6, 6.07) is 5.21. The zero-order valence-corrected chi connectivity index (χ0v) is 19.9. The second kappa shape index (κ2) is 10.0. The molecule has 1 aliphatic heterocycles. The van der Waals surface area contributed by atoms with Gasteiger partial charge in [-0.15, -0.1) is 11.3 Å². The average Bonchev–Trinajstić information content (AvgIpc) is 3.50. The van der Waals surface area contributed by atoms with E-state index in [1.165, 1.54) is 17.4 Å². The molecule has 1 aromatic carbocycles. The number of nitrogens with one attached hydrogen (secondary N) is 1. The zero-order chi connectivity index (χ0) is 24.4. The molecule has 0 bridgehead atoms. The van der Waals surface area contributed by atoms with E-state index in [2.05, 4.69) is 25.4 Å². The number of aliphatic carboxylic acids is 1. The van der Waals surface area contributed by atoms with Crippen LogP contribution in [0.2, 0.25) is 0 Å². The molecule has 1 unspecified atom stereocenters. The number of aromatic nitrogens is 3. The predicted octanol–water partition coefficient (Wildman–Crippen LogP) is 4.05. The second-order valence-corrected chi connectivity index (χ2v) is 9.68. The quantitative estimate of drug-likeness (QED) is 0.504. The van der Waals surface area contributed by atoms with E-state index >= 15 is 4.39 Å². The van der Waals surface area contributed by atoms with Gasteiger partial charge in [0.1, 0.15) is 22.8 Å². The maximum atomic E-state index is 15.0. The summed E-state index contributed by atoms with van der Waals surface area (Å²) in [6.45, 7) is 0. The Kier molecular flexibility index (Phi) is 6.69. The zero-order valence-electron chi connectivity index (χ0n) is 19.1. The molecule has 1 saturated carbocycles. The Bertz CT molecular complexity index is 1210. The molecular formula is C24H25FN6O3S. The minimum absolute atomic E-state index is 0.0198. The lowest BCUT2D eigenvalue weighted by Gasteiger charge is -2.27. The monoisotopic (exact) mass is 496 g/mol. The van der Waals surface area contributed by atoms with Crippen molar-refractivity contribution in [1.82, 2.24) is 25.4 Å². The highest BCUT2D eigenvalue weighted by Gasteiger charge is 2.28. The van der Waals surface area contributed by atoms with Gasteiger partial charge >= 0.3 is 12.0 Å².